The number of hydrogen-bond donors (Lipinski definition) is 1. The Morgan fingerprint density at radius 2 is 2.10 bits per heavy atom. The van der Waals surface area contributed by atoms with E-state index in [1.165, 1.54) is 0 Å². The third kappa shape index (κ3) is 7.63. The van der Waals surface area contributed by atoms with E-state index >= 15 is 0 Å². The number of ether oxygens (including phenoxy) is 1. The first-order chi connectivity index (χ1) is 4.77. The summed E-state index contributed by atoms with van der Waals surface area (Å²) in [7, 11) is 0. The summed E-state index contributed by atoms with van der Waals surface area (Å²) in [5.74, 6) is 0. The van der Waals surface area contributed by atoms with Gasteiger partial charge in [-0.25, -0.2) is 0 Å². The lowest BCUT2D eigenvalue weighted by Gasteiger charge is -2.00. The lowest BCUT2D eigenvalue weighted by molar-refractivity contribution is 0.133. The Morgan fingerprint density at radius 1 is 1.40 bits per heavy atom. The molecule has 0 rings (SSSR count). The predicted molar refractivity (Wildman–Crippen MR) is 43.7 cm³/mol. The molecule has 0 saturated heterocycles. The highest BCUT2D eigenvalue weighted by molar-refractivity contribution is 5.78. The Labute approximate surface area is 63.1 Å². The Morgan fingerprint density at radius 3 is 2.60 bits per heavy atom. The van der Waals surface area contributed by atoms with Gasteiger partial charge in [0.05, 0.1) is 0 Å². The monoisotopic (exact) mass is 143 g/mol. The van der Waals surface area contributed by atoms with E-state index in [1.807, 2.05) is 6.92 Å². The van der Waals surface area contributed by atoms with Crippen LogP contribution in [0.4, 0.5) is 0 Å². The standard InChI is InChI=1S/C8H17NO/c1-3-6-10-7-4-5-8(2)9/h9H,3-7H2,1-2H3. The fourth-order valence-electron chi connectivity index (χ4n) is 0.686. The fourth-order valence-corrected chi connectivity index (χ4v) is 0.686. The van der Waals surface area contributed by atoms with Crippen molar-refractivity contribution in [3.8, 4) is 0 Å². The third-order valence-electron chi connectivity index (χ3n) is 1.19. The molecule has 0 saturated carbocycles. The molecule has 0 amide bonds. The average molecular weight is 143 g/mol. The predicted octanol–water partition coefficient (Wildman–Crippen LogP) is 2.23. The first-order valence-electron chi connectivity index (χ1n) is 3.89. The summed E-state index contributed by atoms with van der Waals surface area (Å²) in [6.45, 7) is 5.60. The minimum Gasteiger partial charge on any atom is -0.381 e. The van der Waals surface area contributed by atoms with Gasteiger partial charge in [-0.2, -0.15) is 0 Å². The zero-order valence-corrected chi connectivity index (χ0v) is 6.94. The van der Waals surface area contributed by atoms with Gasteiger partial charge >= 0.3 is 0 Å². The van der Waals surface area contributed by atoms with Crippen LogP contribution in [0.25, 0.3) is 0 Å². The molecule has 0 fully saturated rings. The van der Waals surface area contributed by atoms with Crippen molar-refractivity contribution < 1.29 is 4.74 Å². The number of hydrogen-bond acceptors (Lipinski definition) is 2. The van der Waals surface area contributed by atoms with Gasteiger partial charge in [0, 0.05) is 18.9 Å². The van der Waals surface area contributed by atoms with E-state index in [2.05, 4.69) is 6.92 Å². The summed E-state index contributed by atoms with van der Waals surface area (Å²) in [6.07, 6.45) is 2.96. The van der Waals surface area contributed by atoms with E-state index in [0.29, 0.717) is 0 Å². The maximum atomic E-state index is 7.12. The van der Waals surface area contributed by atoms with Crippen LogP contribution < -0.4 is 0 Å². The van der Waals surface area contributed by atoms with Gasteiger partial charge in [0.2, 0.25) is 0 Å². The molecule has 0 unspecified atom stereocenters. The minimum atomic E-state index is 0.750. The Kier molecular flexibility index (Phi) is 6.50. The quantitative estimate of drug-likeness (QED) is 0.449. The smallest absolute Gasteiger partial charge is 0.0469 e. The summed E-state index contributed by atoms with van der Waals surface area (Å²) >= 11 is 0. The van der Waals surface area contributed by atoms with Gasteiger partial charge in [0.25, 0.3) is 0 Å². The molecular weight excluding hydrogens is 126 g/mol. The molecule has 0 bridgehead atoms. The highest BCUT2D eigenvalue weighted by Crippen LogP contribution is 1.91. The van der Waals surface area contributed by atoms with Crippen molar-refractivity contribution in [1.82, 2.24) is 0 Å². The minimum absolute atomic E-state index is 0.750. The highest BCUT2D eigenvalue weighted by Gasteiger charge is 1.89. The van der Waals surface area contributed by atoms with Crippen LogP contribution >= 0.6 is 0 Å². The zero-order valence-electron chi connectivity index (χ0n) is 6.94. The van der Waals surface area contributed by atoms with E-state index in [4.69, 9.17) is 10.1 Å². The summed E-state index contributed by atoms with van der Waals surface area (Å²) in [5, 5.41) is 7.12. The van der Waals surface area contributed by atoms with Gasteiger partial charge < -0.3 is 10.1 Å². The second kappa shape index (κ2) is 6.75. The molecule has 0 atom stereocenters. The van der Waals surface area contributed by atoms with Crippen molar-refractivity contribution in [3.63, 3.8) is 0 Å². The highest BCUT2D eigenvalue weighted by atomic mass is 16.5. The second-order valence-electron chi connectivity index (χ2n) is 2.50. The van der Waals surface area contributed by atoms with Crippen LogP contribution in [0, 0.1) is 5.41 Å². The van der Waals surface area contributed by atoms with Crippen molar-refractivity contribution in [2.45, 2.75) is 33.1 Å². The first-order valence-corrected chi connectivity index (χ1v) is 3.89. The second-order valence-corrected chi connectivity index (χ2v) is 2.50. The molecular formula is C8H17NO. The molecule has 1 N–H and O–H groups in total. The van der Waals surface area contributed by atoms with Crippen molar-refractivity contribution in [2.75, 3.05) is 13.2 Å². The van der Waals surface area contributed by atoms with Gasteiger partial charge in [-0.05, 0) is 26.2 Å². The lowest BCUT2D eigenvalue weighted by Crippen LogP contribution is -1.98. The maximum absolute atomic E-state index is 7.12. The molecule has 0 heterocycles. The van der Waals surface area contributed by atoms with Crippen LogP contribution in [-0.4, -0.2) is 18.9 Å². The molecule has 2 nitrogen and oxygen atoms in total. The van der Waals surface area contributed by atoms with Crippen LogP contribution in [0.1, 0.15) is 33.1 Å². The van der Waals surface area contributed by atoms with Crippen LogP contribution in [0.15, 0.2) is 0 Å². The van der Waals surface area contributed by atoms with E-state index < -0.39 is 0 Å². The molecule has 0 radical (unpaired) electrons. The van der Waals surface area contributed by atoms with Crippen LogP contribution in [0.5, 0.6) is 0 Å². The van der Waals surface area contributed by atoms with Crippen molar-refractivity contribution in [1.29, 1.82) is 5.41 Å². The Bertz CT molecular complexity index is 91.3. The number of nitrogens with one attached hydrogen (secondary N) is 1. The maximum Gasteiger partial charge on any atom is 0.0469 e. The molecule has 60 valence electrons. The molecule has 0 aliphatic rings. The van der Waals surface area contributed by atoms with Crippen LogP contribution in [0.2, 0.25) is 0 Å². The Hall–Kier alpha value is -0.370. The van der Waals surface area contributed by atoms with E-state index in [9.17, 15) is 0 Å². The van der Waals surface area contributed by atoms with Gasteiger partial charge in [-0.3, -0.25) is 0 Å². The SMILES string of the molecule is CCCOCCCC(C)=N. The molecule has 0 aliphatic heterocycles. The van der Waals surface area contributed by atoms with Gasteiger partial charge in [0.1, 0.15) is 0 Å². The molecule has 10 heavy (non-hydrogen) atoms. The van der Waals surface area contributed by atoms with Crippen LogP contribution in [0.3, 0.4) is 0 Å². The molecule has 0 aromatic rings. The van der Waals surface area contributed by atoms with Crippen molar-refractivity contribution in [2.24, 2.45) is 0 Å². The van der Waals surface area contributed by atoms with Crippen molar-refractivity contribution in [3.05, 3.63) is 0 Å². The van der Waals surface area contributed by atoms with Gasteiger partial charge in [-0.1, -0.05) is 6.92 Å². The summed E-state index contributed by atoms with van der Waals surface area (Å²) in [4.78, 5) is 0. The summed E-state index contributed by atoms with van der Waals surface area (Å²) < 4.78 is 5.24. The normalized spacial score (nSPS) is 9.80. The van der Waals surface area contributed by atoms with Crippen LogP contribution in [-0.2, 0) is 4.74 Å². The van der Waals surface area contributed by atoms with Crippen molar-refractivity contribution >= 4 is 5.71 Å². The van der Waals surface area contributed by atoms with E-state index in [0.717, 1.165) is 38.2 Å². The molecule has 0 spiro atoms. The zero-order chi connectivity index (χ0) is 7.82. The molecule has 2 heteroatoms. The Balaban J connectivity index is 2.84. The third-order valence-corrected chi connectivity index (χ3v) is 1.19. The summed E-state index contributed by atoms with van der Waals surface area (Å²) in [5.41, 5.74) is 0.750. The first kappa shape index (κ1) is 9.63. The topological polar surface area (TPSA) is 33.1 Å². The molecule has 0 aliphatic carbocycles. The molecule has 0 aromatic carbocycles. The summed E-state index contributed by atoms with van der Waals surface area (Å²) in [6, 6.07) is 0. The average Bonchev–Trinajstić information content (AvgIpc) is 1.87. The van der Waals surface area contributed by atoms with Gasteiger partial charge in [0.15, 0.2) is 0 Å². The fraction of sp³-hybridized carbons (Fsp3) is 0.875. The van der Waals surface area contributed by atoms with Gasteiger partial charge in [-0.15, -0.1) is 0 Å². The lowest BCUT2D eigenvalue weighted by atomic mass is 10.2. The van der Waals surface area contributed by atoms with E-state index in [-0.39, 0.29) is 0 Å². The molecule has 0 aromatic heterocycles. The van der Waals surface area contributed by atoms with E-state index in [1.54, 1.807) is 0 Å². The largest absolute Gasteiger partial charge is 0.381 e. The number of rotatable bonds is 6.